The standard InChI is InChI=1S/C19H17BrN2O3S/c1-24-16-8-3-12(9-17(16)25-2)10-18(23)22-19-21-15(11-26-19)13-4-6-14(20)7-5-13/h3-9,11H,10H2,1-2H3,(H,21,22,23). The number of benzene rings is 2. The Morgan fingerprint density at radius 2 is 1.85 bits per heavy atom. The van der Waals surface area contributed by atoms with E-state index in [1.165, 1.54) is 11.3 Å². The fraction of sp³-hybridized carbons (Fsp3) is 0.158. The van der Waals surface area contributed by atoms with Gasteiger partial charge in [-0.1, -0.05) is 34.1 Å². The lowest BCUT2D eigenvalue weighted by atomic mass is 10.1. The van der Waals surface area contributed by atoms with Crippen LogP contribution in [0.4, 0.5) is 5.13 Å². The summed E-state index contributed by atoms with van der Waals surface area (Å²) >= 11 is 4.82. The van der Waals surface area contributed by atoms with Crippen LogP contribution in [0.25, 0.3) is 11.3 Å². The van der Waals surface area contributed by atoms with E-state index >= 15 is 0 Å². The molecule has 3 rings (SSSR count). The summed E-state index contributed by atoms with van der Waals surface area (Å²) in [7, 11) is 3.15. The van der Waals surface area contributed by atoms with E-state index in [2.05, 4.69) is 26.2 Å². The number of rotatable bonds is 6. The van der Waals surface area contributed by atoms with Crippen LogP contribution in [0.15, 0.2) is 52.3 Å². The summed E-state index contributed by atoms with van der Waals surface area (Å²) in [6, 6.07) is 13.3. The first kappa shape index (κ1) is 18.4. The number of hydrogen-bond acceptors (Lipinski definition) is 5. The Morgan fingerprint density at radius 1 is 1.12 bits per heavy atom. The number of anilines is 1. The zero-order valence-electron chi connectivity index (χ0n) is 14.3. The van der Waals surface area contributed by atoms with Gasteiger partial charge in [0.1, 0.15) is 0 Å². The molecule has 0 saturated carbocycles. The van der Waals surface area contributed by atoms with Crippen LogP contribution in [0.3, 0.4) is 0 Å². The van der Waals surface area contributed by atoms with Crippen molar-refractivity contribution in [1.82, 2.24) is 4.98 Å². The van der Waals surface area contributed by atoms with Crippen LogP contribution in [-0.4, -0.2) is 25.1 Å². The van der Waals surface area contributed by atoms with Gasteiger partial charge in [-0.3, -0.25) is 4.79 Å². The molecule has 0 saturated heterocycles. The molecule has 0 fully saturated rings. The molecular formula is C19H17BrN2O3S. The van der Waals surface area contributed by atoms with Gasteiger partial charge >= 0.3 is 0 Å². The van der Waals surface area contributed by atoms with Crippen molar-refractivity contribution in [3.05, 3.63) is 57.9 Å². The maximum Gasteiger partial charge on any atom is 0.230 e. The molecule has 1 aromatic heterocycles. The predicted octanol–water partition coefficient (Wildman–Crippen LogP) is 4.77. The molecule has 26 heavy (non-hydrogen) atoms. The molecule has 0 spiro atoms. The second kappa shape index (κ2) is 8.33. The first-order valence-electron chi connectivity index (χ1n) is 7.81. The molecule has 2 aromatic carbocycles. The largest absolute Gasteiger partial charge is 0.493 e. The summed E-state index contributed by atoms with van der Waals surface area (Å²) < 4.78 is 11.5. The molecule has 0 radical (unpaired) electrons. The van der Waals surface area contributed by atoms with Gasteiger partial charge in [0.05, 0.1) is 26.3 Å². The number of nitrogens with one attached hydrogen (secondary N) is 1. The monoisotopic (exact) mass is 432 g/mol. The van der Waals surface area contributed by atoms with Crippen molar-refractivity contribution in [2.75, 3.05) is 19.5 Å². The van der Waals surface area contributed by atoms with Crippen LogP contribution < -0.4 is 14.8 Å². The minimum absolute atomic E-state index is 0.131. The third-order valence-electron chi connectivity index (χ3n) is 3.70. The molecule has 1 heterocycles. The fourth-order valence-corrected chi connectivity index (χ4v) is 3.42. The molecule has 1 amide bonds. The van der Waals surface area contributed by atoms with Gasteiger partial charge in [0, 0.05) is 15.4 Å². The van der Waals surface area contributed by atoms with Crippen molar-refractivity contribution >= 4 is 38.3 Å². The number of ether oxygens (including phenoxy) is 2. The van der Waals surface area contributed by atoms with E-state index in [0.29, 0.717) is 16.6 Å². The molecule has 134 valence electrons. The number of amides is 1. The number of halogens is 1. The van der Waals surface area contributed by atoms with Crippen molar-refractivity contribution < 1.29 is 14.3 Å². The number of thiazole rings is 1. The number of nitrogens with zero attached hydrogens (tertiary/aromatic N) is 1. The molecular weight excluding hydrogens is 416 g/mol. The molecule has 0 aliphatic carbocycles. The first-order chi connectivity index (χ1) is 12.6. The van der Waals surface area contributed by atoms with Crippen LogP contribution in [0, 0.1) is 0 Å². The third kappa shape index (κ3) is 4.42. The van der Waals surface area contributed by atoms with Crippen molar-refractivity contribution in [3.63, 3.8) is 0 Å². The van der Waals surface area contributed by atoms with Crippen molar-refractivity contribution in [2.24, 2.45) is 0 Å². The smallest absolute Gasteiger partial charge is 0.230 e. The average Bonchev–Trinajstić information content (AvgIpc) is 3.10. The van der Waals surface area contributed by atoms with E-state index in [0.717, 1.165) is 21.3 Å². The molecule has 5 nitrogen and oxygen atoms in total. The summed E-state index contributed by atoms with van der Waals surface area (Å²) in [5, 5.41) is 5.35. The Hall–Kier alpha value is -2.38. The lowest BCUT2D eigenvalue weighted by Gasteiger charge is -2.09. The number of aromatic nitrogens is 1. The molecule has 3 aromatic rings. The van der Waals surface area contributed by atoms with Gasteiger partial charge in [-0.2, -0.15) is 0 Å². The van der Waals surface area contributed by atoms with Gasteiger partial charge in [-0.15, -0.1) is 11.3 Å². The average molecular weight is 433 g/mol. The summed E-state index contributed by atoms with van der Waals surface area (Å²) in [5.74, 6) is 1.11. The molecule has 0 aliphatic rings. The van der Waals surface area contributed by atoms with Crippen LogP contribution in [-0.2, 0) is 11.2 Å². The van der Waals surface area contributed by atoms with Crippen LogP contribution in [0.1, 0.15) is 5.56 Å². The summed E-state index contributed by atoms with van der Waals surface area (Å²) in [4.78, 5) is 16.8. The highest BCUT2D eigenvalue weighted by molar-refractivity contribution is 9.10. The van der Waals surface area contributed by atoms with Gasteiger partial charge in [-0.25, -0.2) is 4.98 Å². The SMILES string of the molecule is COc1ccc(CC(=O)Nc2nc(-c3ccc(Br)cc3)cs2)cc1OC. The van der Waals surface area contributed by atoms with E-state index in [4.69, 9.17) is 9.47 Å². The second-order valence-corrected chi connectivity index (χ2v) is 7.23. The Balaban J connectivity index is 1.66. The van der Waals surface area contributed by atoms with Gasteiger partial charge in [0.15, 0.2) is 16.6 Å². The fourth-order valence-electron chi connectivity index (χ4n) is 2.42. The summed E-state index contributed by atoms with van der Waals surface area (Å²) in [6.45, 7) is 0. The van der Waals surface area contributed by atoms with Crippen LogP contribution in [0.2, 0.25) is 0 Å². The normalized spacial score (nSPS) is 10.4. The highest BCUT2D eigenvalue weighted by atomic mass is 79.9. The maximum atomic E-state index is 12.3. The minimum Gasteiger partial charge on any atom is -0.493 e. The molecule has 1 N–H and O–H groups in total. The quantitative estimate of drug-likeness (QED) is 0.609. The molecule has 7 heteroatoms. The number of methoxy groups -OCH3 is 2. The Labute approximate surface area is 164 Å². The first-order valence-corrected chi connectivity index (χ1v) is 9.48. The van der Waals surface area contributed by atoms with Gasteiger partial charge in [0.25, 0.3) is 0 Å². The molecule has 0 bridgehead atoms. The maximum absolute atomic E-state index is 12.3. The van der Waals surface area contributed by atoms with Crippen molar-refractivity contribution in [2.45, 2.75) is 6.42 Å². The molecule has 0 aliphatic heterocycles. The highest BCUT2D eigenvalue weighted by Crippen LogP contribution is 2.28. The van der Waals surface area contributed by atoms with E-state index < -0.39 is 0 Å². The van der Waals surface area contributed by atoms with Crippen LogP contribution >= 0.6 is 27.3 Å². The zero-order valence-corrected chi connectivity index (χ0v) is 16.7. The Morgan fingerprint density at radius 3 is 2.54 bits per heavy atom. The zero-order chi connectivity index (χ0) is 18.5. The van der Waals surface area contributed by atoms with Gasteiger partial charge < -0.3 is 14.8 Å². The Bertz CT molecular complexity index is 909. The molecule has 0 unspecified atom stereocenters. The number of hydrogen-bond donors (Lipinski definition) is 1. The van der Waals surface area contributed by atoms with E-state index in [-0.39, 0.29) is 12.3 Å². The Kier molecular flexibility index (Phi) is 5.90. The number of carbonyl (C=O) groups excluding carboxylic acids is 1. The number of carbonyl (C=O) groups is 1. The minimum atomic E-state index is -0.131. The summed E-state index contributed by atoms with van der Waals surface area (Å²) in [5.41, 5.74) is 2.68. The van der Waals surface area contributed by atoms with E-state index in [1.807, 2.05) is 35.7 Å². The van der Waals surface area contributed by atoms with Gasteiger partial charge in [-0.05, 0) is 29.8 Å². The molecule has 0 atom stereocenters. The van der Waals surface area contributed by atoms with E-state index in [1.54, 1.807) is 26.4 Å². The van der Waals surface area contributed by atoms with Crippen LogP contribution in [0.5, 0.6) is 11.5 Å². The van der Waals surface area contributed by atoms with Crippen molar-refractivity contribution in [3.8, 4) is 22.8 Å². The van der Waals surface area contributed by atoms with Crippen molar-refractivity contribution in [1.29, 1.82) is 0 Å². The second-order valence-electron chi connectivity index (χ2n) is 5.46. The topological polar surface area (TPSA) is 60.5 Å². The highest BCUT2D eigenvalue weighted by Gasteiger charge is 2.11. The van der Waals surface area contributed by atoms with Gasteiger partial charge in [0.2, 0.25) is 5.91 Å². The lowest BCUT2D eigenvalue weighted by Crippen LogP contribution is -2.14. The third-order valence-corrected chi connectivity index (χ3v) is 4.99. The lowest BCUT2D eigenvalue weighted by molar-refractivity contribution is -0.115. The van der Waals surface area contributed by atoms with E-state index in [9.17, 15) is 4.79 Å². The predicted molar refractivity (Wildman–Crippen MR) is 107 cm³/mol. The summed E-state index contributed by atoms with van der Waals surface area (Å²) in [6.07, 6.45) is 0.230.